The fourth-order valence-electron chi connectivity index (χ4n) is 6.24. The van der Waals surface area contributed by atoms with Crippen molar-refractivity contribution in [1.29, 1.82) is 0 Å². The van der Waals surface area contributed by atoms with Crippen molar-refractivity contribution in [2.75, 3.05) is 0 Å². The van der Waals surface area contributed by atoms with Crippen molar-refractivity contribution in [3.8, 4) is 34.2 Å². The monoisotopic (exact) mass is 549 g/mol. The van der Waals surface area contributed by atoms with Crippen LogP contribution in [0.25, 0.3) is 88.4 Å². The molecule has 0 amide bonds. The van der Waals surface area contributed by atoms with Crippen LogP contribution < -0.4 is 0 Å². The summed E-state index contributed by atoms with van der Waals surface area (Å²) in [6, 6.07) is 48.1. The second-order valence-electron chi connectivity index (χ2n) is 10.8. The Labute approximate surface area is 246 Å². The molecule has 9 rings (SSSR count). The van der Waals surface area contributed by atoms with Crippen LogP contribution >= 0.6 is 0 Å². The maximum Gasteiger partial charge on any atom is 0.167 e. The number of furan rings is 1. The van der Waals surface area contributed by atoms with Crippen LogP contribution in [0.5, 0.6) is 0 Å². The van der Waals surface area contributed by atoms with E-state index in [9.17, 15) is 0 Å². The maximum atomic E-state index is 6.41. The van der Waals surface area contributed by atoms with E-state index < -0.39 is 0 Å². The minimum Gasteiger partial charge on any atom is -0.455 e. The zero-order chi connectivity index (χ0) is 28.3. The highest BCUT2D eigenvalue weighted by Gasteiger charge is 2.19. The molecule has 0 atom stereocenters. The van der Waals surface area contributed by atoms with Gasteiger partial charge in [-0.15, -0.1) is 0 Å². The lowest BCUT2D eigenvalue weighted by molar-refractivity contribution is 0.669. The number of para-hydroxylation sites is 2. The van der Waals surface area contributed by atoms with Crippen molar-refractivity contribution >= 4 is 54.3 Å². The van der Waals surface area contributed by atoms with Crippen LogP contribution in [0, 0.1) is 0 Å². The number of hydrogen-bond donors (Lipinski definition) is 0. The summed E-state index contributed by atoms with van der Waals surface area (Å²) in [6.45, 7) is 0. The van der Waals surface area contributed by atoms with E-state index in [-0.39, 0.29) is 0 Å². The number of aromatic nitrogens is 3. The van der Waals surface area contributed by atoms with Crippen LogP contribution in [0.15, 0.2) is 144 Å². The van der Waals surface area contributed by atoms with Gasteiger partial charge >= 0.3 is 0 Å². The quantitative estimate of drug-likeness (QED) is 0.206. The van der Waals surface area contributed by atoms with E-state index in [0.717, 1.165) is 54.8 Å². The van der Waals surface area contributed by atoms with Crippen molar-refractivity contribution < 1.29 is 4.42 Å². The summed E-state index contributed by atoms with van der Waals surface area (Å²) in [6.07, 6.45) is 0. The predicted molar refractivity (Wildman–Crippen MR) is 176 cm³/mol. The molecule has 9 aromatic rings. The Kier molecular flexibility index (Phi) is 5.16. The van der Waals surface area contributed by atoms with Gasteiger partial charge in [0.15, 0.2) is 17.5 Å². The van der Waals surface area contributed by atoms with Crippen molar-refractivity contribution in [1.82, 2.24) is 15.0 Å². The first-order valence-corrected chi connectivity index (χ1v) is 14.4. The van der Waals surface area contributed by atoms with E-state index >= 15 is 0 Å². The molecule has 4 heteroatoms. The van der Waals surface area contributed by atoms with Crippen molar-refractivity contribution in [3.63, 3.8) is 0 Å². The highest BCUT2D eigenvalue weighted by Crippen LogP contribution is 2.38. The second kappa shape index (κ2) is 9.33. The molecule has 7 aromatic carbocycles. The molecular weight excluding hydrogens is 526 g/mol. The van der Waals surface area contributed by atoms with Gasteiger partial charge in [0.05, 0.1) is 5.56 Å². The van der Waals surface area contributed by atoms with E-state index in [0.29, 0.717) is 17.5 Å². The molecule has 0 bridgehead atoms. The Morgan fingerprint density at radius 2 is 1.00 bits per heavy atom. The molecule has 0 N–H and O–H groups in total. The minimum atomic E-state index is 0.579. The zero-order valence-corrected chi connectivity index (χ0v) is 23.0. The van der Waals surface area contributed by atoms with Crippen LogP contribution in [0.1, 0.15) is 0 Å². The summed E-state index contributed by atoms with van der Waals surface area (Å²) in [7, 11) is 0. The lowest BCUT2D eigenvalue weighted by Gasteiger charge is -2.12. The molecule has 200 valence electrons. The smallest absolute Gasteiger partial charge is 0.167 e. The average molecular weight is 550 g/mol. The molecule has 0 radical (unpaired) electrons. The average Bonchev–Trinajstić information content (AvgIpc) is 3.46. The first-order valence-electron chi connectivity index (χ1n) is 14.4. The topological polar surface area (TPSA) is 51.8 Å². The summed E-state index contributed by atoms with van der Waals surface area (Å²) < 4.78 is 6.41. The van der Waals surface area contributed by atoms with Gasteiger partial charge in [-0.2, -0.15) is 0 Å². The van der Waals surface area contributed by atoms with Crippen LogP contribution in [-0.4, -0.2) is 15.0 Å². The van der Waals surface area contributed by atoms with Gasteiger partial charge < -0.3 is 4.42 Å². The van der Waals surface area contributed by atoms with Gasteiger partial charge in [0.1, 0.15) is 11.2 Å². The molecule has 4 nitrogen and oxygen atoms in total. The molecule has 2 heterocycles. The molecule has 0 spiro atoms. The molecule has 0 aliphatic rings. The van der Waals surface area contributed by atoms with Gasteiger partial charge in [0.25, 0.3) is 0 Å². The van der Waals surface area contributed by atoms with Crippen LogP contribution in [0.4, 0.5) is 0 Å². The Morgan fingerprint density at radius 1 is 0.395 bits per heavy atom. The standard InChI is InChI=1S/C39H23N3O/c1-2-11-27-23-28(22-19-24(27)9-1)37-40-38(32-16-7-12-26-21-20-25-10-3-4-13-29(25)35(26)32)42-39(41-37)33-17-8-15-31-30-14-5-6-18-34(30)43-36(31)33/h1-23H. The Morgan fingerprint density at radius 3 is 1.91 bits per heavy atom. The van der Waals surface area contributed by atoms with E-state index in [1.54, 1.807) is 0 Å². The van der Waals surface area contributed by atoms with Gasteiger partial charge in [-0.25, -0.2) is 15.0 Å². The second-order valence-corrected chi connectivity index (χ2v) is 10.8. The number of hydrogen-bond acceptors (Lipinski definition) is 4. The molecule has 0 fully saturated rings. The van der Waals surface area contributed by atoms with Crippen molar-refractivity contribution in [2.24, 2.45) is 0 Å². The number of benzene rings is 7. The summed E-state index contributed by atoms with van der Waals surface area (Å²) in [5.74, 6) is 1.83. The van der Waals surface area contributed by atoms with E-state index in [2.05, 4.69) is 109 Å². The summed E-state index contributed by atoms with van der Waals surface area (Å²) in [5.41, 5.74) is 4.36. The van der Waals surface area contributed by atoms with Gasteiger partial charge in [0, 0.05) is 27.3 Å². The van der Waals surface area contributed by atoms with Gasteiger partial charge in [-0.05, 0) is 45.1 Å². The highest BCUT2D eigenvalue weighted by atomic mass is 16.3. The Hall–Kier alpha value is -5.87. The molecule has 0 saturated carbocycles. The molecule has 0 unspecified atom stereocenters. The van der Waals surface area contributed by atoms with Gasteiger partial charge in [-0.1, -0.05) is 121 Å². The maximum absolute atomic E-state index is 6.41. The first kappa shape index (κ1) is 23.8. The third kappa shape index (κ3) is 3.81. The fraction of sp³-hybridized carbons (Fsp3) is 0. The first-order chi connectivity index (χ1) is 21.3. The third-order valence-electron chi connectivity index (χ3n) is 8.30. The Bertz CT molecular complexity index is 2530. The zero-order valence-electron chi connectivity index (χ0n) is 23.0. The molecular formula is C39H23N3O. The number of rotatable bonds is 3. The summed E-state index contributed by atoms with van der Waals surface area (Å²) >= 11 is 0. The van der Waals surface area contributed by atoms with Gasteiger partial charge in [-0.3, -0.25) is 0 Å². The third-order valence-corrected chi connectivity index (χ3v) is 8.30. The lowest BCUT2D eigenvalue weighted by Crippen LogP contribution is -2.01. The number of nitrogens with zero attached hydrogens (tertiary/aromatic N) is 3. The Balaban J connectivity index is 1.36. The summed E-state index contributed by atoms with van der Waals surface area (Å²) in [5, 5.41) is 9.05. The number of fused-ring (bicyclic) bond motifs is 7. The minimum absolute atomic E-state index is 0.579. The van der Waals surface area contributed by atoms with Crippen LogP contribution in [0.3, 0.4) is 0 Å². The molecule has 0 saturated heterocycles. The molecule has 2 aromatic heterocycles. The van der Waals surface area contributed by atoms with Gasteiger partial charge in [0.2, 0.25) is 0 Å². The van der Waals surface area contributed by atoms with E-state index in [1.807, 2.05) is 30.3 Å². The van der Waals surface area contributed by atoms with Crippen molar-refractivity contribution in [3.05, 3.63) is 140 Å². The van der Waals surface area contributed by atoms with Crippen LogP contribution in [0.2, 0.25) is 0 Å². The fourth-order valence-corrected chi connectivity index (χ4v) is 6.24. The molecule has 0 aliphatic carbocycles. The van der Waals surface area contributed by atoms with E-state index in [1.165, 1.54) is 16.2 Å². The highest BCUT2D eigenvalue weighted by molar-refractivity contribution is 6.14. The summed E-state index contributed by atoms with van der Waals surface area (Å²) in [4.78, 5) is 15.4. The van der Waals surface area contributed by atoms with Crippen LogP contribution in [-0.2, 0) is 0 Å². The largest absolute Gasteiger partial charge is 0.455 e. The molecule has 0 aliphatic heterocycles. The normalized spacial score (nSPS) is 11.7. The lowest BCUT2D eigenvalue weighted by atomic mass is 9.97. The predicted octanol–water partition coefficient (Wildman–Crippen LogP) is 10.2. The van der Waals surface area contributed by atoms with Crippen molar-refractivity contribution in [2.45, 2.75) is 0 Å². The van der Waals surface area contributed by atoms with E-state index in [4.69, 9.17) is 19.4 Å². The SMILES string of the molecule is c1ccc2cc(-c3nc(-c4cccc5c4oc4ccccc45)nc(-c4cccc5ccc6ccccc6c45)n3)ccc2c1. The molecule has 43 heavy (non-hydrogen) atoms.